The highest BCUT2D eigenvalue weighted by Crippen LogP contribution is 2.34. The van der Waals surface area contributed by atoms with E-state index >= 15 is 0 Å². The lowest BCUT2D eigenvalue weighted by atomic mass is 10.0. The van der Waals surface area contributed by atoms with E-state index in [1.54, 1.807) is 4.90 Å². The summed E-state index contributed by atoms with van der Waals surface area (Å²) in [4.78, 5) is 14.3. The van der Waals surface area contributed by atoms with Crippen molar-refractivity contribution >= 4 is 11.6 Å². The maximum atomic E-state index is 13.1. The normalized spacial score (nSPS) is 13.0. The molecule has 2 rings (SSSR count). The van der Waals surface area contributed by atoms with Gasteiger partial charge in [0.2, 0.25) is 5.91 Å². The first kappa shape index (κ1) is 21.9. The number of benzene rings is 2. The lowest BCUT2D eigenvalue weighted by Crippen LogP contribution is -2.45. The third kappa shape index (κ3) is 6.07. The number of aliphatic hydroxyl groups excluding tert-OH is 1. The van der Waals surface area contributed by atoms with E-state index in [2.05, 4.69) is 5.32 Å². The van der Waals surface area contributed by atoms with Crippen LogP contribution in [0.25, 0.3) is 0 Å². The van der Waals surface area contributed by atoms with Gasteiger partial charge in [-0.3, -0.25) is 9.69 Å². The summed E-state index contributed by atoms with van der Waals surface area (Å²) in [5, 5.41) is 12.1. The minimum Gasteiger partial charge on any atom is -0.395 e. The number of nitrogens with one attached hydrogen (secondary N) is 1. The predicted octanol–water partition coefficient (Wildman–Crippen LogP) is 4.16. The molecule has 0 bridgehead atoms. The quantitative estimate of drug-likeness (QED) is 0.707. The van der Waals surface area contributed by atoms with Crippen molar-refractivity contribution in [1.82, 2.24) is 4.90 Å². The maximum Gasteiger partial charge on any atom is 0.418 e. The smallest absolute Gasteiger partial charge is 0.395 e. The van der Waals surface area contributed by atoms with Gasteiger partial charge in [0, 0.05) is 12.6 Å². The molecule has 2 aromatic carbocycles. The summed E-state index contributed by atoms with van der Waals surface area (Å²) in [5.74, 6) is -0.504. The molecule has 0 aliphatic carbocycles. The molecule has 0 fully saturated rings. The highest BCUT2D eigenvalue weighted by atomic mass is 19.4. The van der Waals surface area contributed by atoms with Gasteiger partial charge >= 0.3 is 6.18 Å². The zero-order valence-corrected chi connectivity index (χ0v) is 15.9. The minimum absolute atomic E-state index is 0.0592. The zero-order valence-electron chi connectivity index (χ0n) is 15.9. The van der Waals surface area contributed by atoms with Crippen LogP contribution in [0.15, 0.2) is 54.6 Å². The van der Waals surface area contributed by atoms with Gasteiger partial charge in [0.15, 0.2) is 0 Å². The molecular weight excluding hydrogens is 369 g/mol. The molecule has 2 N–H and O–H groups in total. The Kier molecular flexibility index (Phi) is 7.60. The first-order chi connectivity index (χ1) is 13.2. The summed E-state index contributed by atoms with van der Waals surface area (Å²) < 4.78 is 39.4. The van der Waals surface area contributed by atoms with Gasteiger partial charge in [0.25, 0.3) is 0 Å². The molecule has 1 atom stereocenters. The Bertz CT molecular complexity index is 764. The molecule has 152 valence electrons. The maximum absolute atomic E-state index is 13.1. The van der Waals surface area contributed by atoms with Crippen molar-refractivity contribution in [3.8, 4) is 0 Å². The number of carbonyl (C=O) groups is 1. The lowest BCUT2D eigenvalue weighted by molar-refractivity contribution is -0.137. The van der Waals surface area contributed by atoms with Crippen molar-refractivity contribution in [1.29, 1.82) is 0 Å². The van der Waals surface area contributed by atoms with E-state index in [0.29, 0.717) is 6.54 Å². The average Bonchev–Trinajstić information content (AvgIpc) is 2.62. The van der Waals surface area contributed by atoms with Crippen LogP contribution in [0.2, 0.25) is 0 Å². The number of carbonyl (C=O) groups excluding carboxylic acids is 1. The third-order valence-corrected chi connectivity index (χ3v) is 4.51. The molecule has 0 aromatic heterocycles. The van der Waals surface area contributed by atoms with Crippen molar-refractivity contribution in [3.63, 3.8) is 0 Å². The summed E-state index contributed by atoms with van der Waals surface area (Å²) in [7, 11) is 0. The number of amides is 1. The lowest BCUT2D eigenvalue weighted by Gasteiger charge is -2.32. The van der Waals surface area contributed by atoms with Gasteiger partial charge in [-0.1, -0.05) is 56.3 Å². The number of alkyl halides is 3. The first-order valence-corrected chi connectivity index (χ1v) is 9.07. The van der Waals surface area contributed by atoms with Gasteiger partial charge in [0.1, 0.15) is 0 Å². The molecule has 0 radical (unpaired) electrons. The molecule has 0 heterocycles. The zero-order chi connectivity index (χ0) is 20.7. The Labute approximate surface area is 163 Å². The Morgan fingerprint density at radius 1 is 1.07 bits per heavy atom. The molecule has 2 aromatic rings. The fraction of sp³-hybridized carbons (Fsp3) is 0.381. The predicted molar refractivity (Wildman–Crippen MR) is 103 cm³/mol. The Hall–Kier alpha value is -2.38. The van der Waals surface area contributed by atoms with Crippen LogP contribution in [0, 0.1) is 5.92 Å². The number of aliphatic hydroxyl groups is 1. The van der Waals surface area contributed by atoms with E-state index in [1.165, 1.54) is 18.2 Å². The van der Waals surface area contributed by atoms with Crippen molar-refractivity contribution in [2.45, 2.75) is 32.6 Å². The molecule has 0 saturated heterocycles. The number of rotatable bonds is 8. The molecule has 0 aliphatic heterocycles. The fourth-order valence-electron chi connectivity index (χ4n) is 3.07. The van der Waals surface area contributed by atoms with Gasteiger partial charge in [-0.2, -0.15) is 13.2 Å². The SMILES string of the molecule is CC(C)C(CO)N(CC(=O)Nc1ccccc1C(F)(F)F)Cc1ccccc1. The van der Waals surface area contributed by atoms with E-state index < -0.39 is 17.6 Å². The van der Waals surface area contributed by atoms with Crippen molar-refractivity contribution in [2.24, 2.45) is 5.92 Å². The summed E-state index contributed by atoms with van der Waals surface area (Å²) in [6, 6.07) is 14.0. The Morgan fingerprint density at radius 3 is 2.25 bits per heavy atom. The second kappa shape index (κ2) is 9.71. The number of anilines is 1. The van der Waals surface area contributed by atoms with Crippen LogP contribution in [0.3, 0.4) is 0 Å². The second-order valence-corrected chi connectivity index (χ2v) is 6.98. The van der Waals surface area contributed by atoms with Gasteiger partial charge in [-0.25, -0.2) is 0 Å². The van der Waals surface area contributed by atoms with Crippen molar-refractivity contribution in [3.05, 3.63) is 65.7 Å². The van der Waals surface area contributed by atoms with Crippen LogP contribution in [-0.4, -0.2) is 35.1 Å². The van der Waals surface area contributed by atoms with Gasteiger partial charge < -0.3 is 10.4 Å². The molecule has 7 heteroatoms. The summed E-state index contributed by atoms with van der Waals surface area (Å²) >= 11 is 0. The number of nitrogens with zero attached hydrogens (tertiary/aromatic N) is 1. The number of hydrogen-bond donors (Lipinski definition) is 2. The van der Waals surface area contributed by atoms with E-state index in [0.717, 1.165) is 11.6 Å². The van der Waals surface area contributed by atoms with Crippen molar-refractivity contribution in [2.75, 3.05) is 18.5 Å². The molecule has 1 unspecified atom stereocenters. The monoisotopic (exact) mass is 394 g/mol. The topological polar surface area (TPSA) is 52.6 Å². The standard InChI is InChI=1S/C21H25F3N2O2/c1-15(2)19(14-27)26(12-16-8-4-3-5-9-16)13-20(28)25-18-11-7-6-10-17(18)21(22,23)24/h3-11,15,19,27H,12-14H2,1-2H3,(H,25,28). The largest absolute Gasteiger partial charge is 0.418 e. The number of hydrogen-bond acceptors (Lipinski definition) is 3. The highest BCUT2D eigenvalue weighted by Gasteiger charge is 2.34. The molecule has 0 spiro atoms. The van der Waals surface area contributed by atoms with Crippen molar-refractivity contribution < 1.29 is 23.1 Å². The molecule has 28 heavy (non-hydrogen) atoms. The summed E-state index contributed by atoms with van der Waals surface area (Å²) in [5.41, 5.74) is -0.213. The van der Waals surface area contributed by atoms with Crippen LogP contribution in [0.5, 0.6) is 0 Å². The number of para-hydroxylation sites is 1. The molecule has 1 amide bonds. The van der Waals surface area contributed by atoms with Crippen LogP contribution in [0.1, 0.15) is 25.0 Å². The highest BCUT2D eigenvalue weighted by molar-refractivity contribution is 5.93. The van der Waals surface area contributed by atoms with Gasteiger partial charge in [0.05, 0.1) is 24.4 Å². The van der Waals surface area contributed by atoms with Crippen LogP contribution in [-0.2, 0) is 17.5 Å². The summed E-state index contributed by atoms with van der Waals surface area (Å²) in [6.45, 7) is 3.96. The van der Waals surface area contributed by atoms with Crippen LogP contribution < -0.4 is 5.32 Å². The van der Waals surface area contributed by atoms with E-state index in [1.807, 2.05) is 44.2 Å². The van der Waals surface area contributed by atoms with Crippen LogP contribution >= 0.6 is 0 Å². The van der Waals surface area contributed by atoms with E-state index in [4.69, 9.17) is 0 Å². The third-order valence-electron chi connectivity index (χ3n) is 4.51. The molecule has 0 aliphatic rings. The fourth-order valence-corrected chi connectivity index (χ4v) is 3.07. The van der Waals surface area contributed by atoms with Gasteiger partial charge in [-0.05, 0) is 23.6 Å². The minimum atomic E-state index is -4.56. The molecular formula is C21H25F3N2O2. The van der Waals surface area contributed by atoms with Gasteiger partial charge in [-0.15, -0.1) is 0 Å². The first-order valence-electron chi connectivity index (χ1n) is 9.07. The van der Waals surface area contributed by atoms with E-state index in [-0.39, 0.29) is 30.8 Å². The molecule has 4 nitrogen and oxygen atoms in total. The summed E-state index contributed by atoms with van der Waals surface area (Å²) in [6.07, 6.45) is -4.56. The van der Waals surface area contributed by atoms with E-state index in [9.17, 15) is 23.1 Å². The number of halogens is 3. The van der Waals surface area contributed by atoms with Crippen LogP contribution in [0.4, 0.5) is 18.9 Å². The average molecular weight is 394 g/mol. The molecule has 0 saturated carbocycles. The second-order valence-electron chi connectivity index (χ2n) is 6.98. The Morgan fingerprint density at radius 2 is 1.68 bits per heavy atom. The Balaban J connectivity index is 2.18.